The minimum absolute atomic E-state index is 0.165. The lowest BCUT2D eigenvalue weighted by Gasteiger charge is -2.21. The molecule has 6 heteroatoms. The number of pyridine rings is 1. The van der Waals surface area contributed by atoms with Crippen molar-refractivity contribution in [3.63, 3.8) is 0 Å². The summed E-state index contributed by atoms with van der Waals surface area (Å²) in [4.78, 5) is 16.4. The van der Waals surface area contributed by atoms with E-state index in [2.05, 4.69) is 10.3 Å². The standard InChI is InChI=1S/C19H23FN2O3/c1-12(13-6-9-17(24-5)15(20)10-13)22-18(23)16-8-7-14(11-21-16)25-19(2,3)4/h6-12H,1-5H3,(H,22,23). The lowest BCUT2D eigenvalue weighted by molar-refractivity contribution is 0.0934. The van der Waals surface area contributed by atoms with E-state index in [1.54, 1.807) is 25.1 Å². The molecule has 0 spiro atoms. The second-order valence-electron chi connectivity index (χ2n) is 6.68. The molecule has 5 nitrogen and oxygen atoms in total. The molecule has 0 bridgehead atoms. The van der Waals surface area contributed by atoms with Gasteiger partial charge in [-0.25, -0.2) is 9.37 Å². The van der Waals surface area contributed by atoms with Gasteiger partial charge in [0.05, 0.1) is 19.3 Å². The summed E-state index contributed by atoms with van der Waals surface area (Å²) in [6, 6.07) is 7.51. The van der Waals surface area contributed by atoms with E-state index < -0.39 is 5.82 Å². The first-order valence-electron chi connectivity index (χ1n) is 7.99. The molecular formula is C19H23FN2O3. The smallest absolute Gasteiger partial charge is 0.270 e. The van der Waals surface area contributed by atoms with Gasteiger partial charge >= 0.3 is 0 Å². The molecule has 1 unspecified atom stereocenters. The Bertz CT molecular complexity index is 739. The number of benzene rings is 1. The van der Waals surface area contributed by atoms with Crippen molar-refractivity contribution in [2.75, 3.05) is 7.11 Å². The summed E-state index contributed by atoms with van der Waals surface area (Å²) < 4.78 is 24.4. The van der Waals surface area contributed by atoms with E-state index in [-0.39, 0.29) is 29.0 Å². The number of carbonyl (C=O) groups is 1. The van der Waals surface area contributed by atoms with Gasteiger partial charge in [0.15, 0.2) is 11.6 Å². The first-order chi connectivity index (χ1) is 11.7. The van der Waals surface area contributed by atoms with E-state index in [0.717, 1.165) is 0 Å². The zero-order chi connectivity index (χ0) is 18.6. The Balaban J connectivity index is 2.04. The fourth-order valence-corrected chi connectivity index (χ4v) is 2.23. The maximum atomic E-state index is 13.8. The molecule has 0 aliphatic carbocycles. The van der Waals surface area contributed by atoms with Gasteiger partial charge in [-0.15, -0.1) is 0 Å². The SMILES string of the molecule is COc1ccc(C(C)NC(=O)c2ccc(OC(C)(C)C)cn2)cc1F. The van der Waals surface area contributed by atoms with Crippen molar-refractivity contribution in [2.24, 2.45) is 0 Å². The number of halogens is 1. The molecule has 1 aromatic heterocycles. The zero-order valence-corrected chi connectivity index (χ0v) is 15.1. The first-order valence-corrected chi connectivity index (χ1v) is 7.99. The quantitative estimate of drug-likeness (QED) is 0.892. The van der Waals surface area contributed by atoms with E-state index >= 15 is 0 Å². The third-order valence-corrected chi connectivity index (χ3v) is 3.42. The second kappa shape index (κ2) is 7.51. The number of nitrogens with zero attached hydrogens (tertiary/aromatic N) is 1. The lowest BCUT2D eigenvalue weighted by Crippen LogP contribution is -2.27. The summed E-state index contributed by atoms with van der Waals surface area (Å²) in [5.41, 5.74) is 0.569. The van der Waals surface area contributed by atoms with Crippen LogP contribution in [0.25, 0.3) is 0 Å². The van der Waals surface area contributed by atoms with Crippen molar-refractivity contribution in [1.82, 2.24) is 10.3 Å². The van der Waals surface area contributed by atoms with Gasteiger partial charge in [0.25, 0.3) is 5.91 Å². The minimum Gasteiger partial charge on any atom is -0.494 e. The van der Waals surface area contributed by atoms with Crippen LogP contribution < -0.4 is 14.8 Å². The monoisotopic (exact) mass is 346 g/mol. The highest BCUT2D eigenvalue weighted by molar-refractivity contribution is 5.92. The predicted octanol–water partition coefficient (Wildman–Crippen LogP) is 3.90. The van der Waals surface area contributed by atoms with Crippen molar-refractivity contribution in [3.8, 4) is 11.5 Å². The number of amides is 1. The van der Waals surface area contributed by atoms with Crippen molar-refractivity contribution < 1.29 is 18.7 Å². The van der Waals surface area contributed by atoms with E-state index in [0.29, 0.717) is 11.3 Å². The summed E-state index contributed by atoms with van der Waals surface area (Å²) >= 11 is 0. The number of rotatable bonds is 5. The molecule has 0 saturated carbocycles. The molecule has 25 heavy (non-hydrogen) atoms. The molecule has 0 radical (unpaired) electrons. The Morgan fingerprint density at radius 3 is 2.48 bits per heavy atom. The largest absolute Gasteiger partial charge is 0.494 e. The molecule has 134 valence electrons. The van der Waals surface area contributed by atoms with E-state index in [4.69, 9.17) is 9.47 Å². The summed E-state index contributed by atoms with van der Waals surface area (Å²) in [6.07, 6.45) is 1.51. The number of ether oxygens (including phenoxy) is 2. The normalized spacial score (nSPS) is 12.4. The Hall–Kier alpha value is -2.63. The van der Waals surface area contributed by atoms with Gasteiger partial charge in [-0.1, -0.05) is 6.07 Å². The molecule has 0 saturated heterocycles. The van der Waals surface area contributed by atoms with Gasteiger partial charge < -0.3 is 14.8 Å². The molecule has 1 heterocycles. The highest BCUT2D eigenvalue weighted by Crippen LogP contribution is 2.22. The lowest BCUT2D eigenvalue weighted by atomic mass is 10.1. The van der Waals surface area contributed by atoms with Crippen LogP contribution in [-0.4, -0.2) is 23.6 Å². The van der Waals surface area contributed by atoms with E-state index in [1.807, 2.05) is 20.8 Å². The maximum absolute atomic E-state index is 13.8. The highest BCUT2D eigenvalue weighted by Gasteiger charge is 2.16. The van der Waals surface area contributed by atoms with Crippen LogP contribution in [0, 0.1) is 5.82 Å². The predicted molar refractivity (Wildman–Crippen MR) is 93.5 cm³/mol. The van der Waals surface area contributed by atoms with Crippen LogP contribution >= 0.6 is 0 Å². The molecular weight excluding hydrogens is 323 g/mol. The van der Waals surface area contributed by atoms with Crippen LogP contribution in [0.1, 0.15) is 49.8 Å². The van der Waals surface area contributed by atoms with Crippen LogP contribution in [0.15, 0.2) is 36.5 Å². The van der Waals surface area contributed by atoms with Crippen molar-refractivity contribution >= 4 is 5.91 Å². The Morgan fingerprint density at radius 1 is 1.24 bits per heavy atom. The van der Waals surface area contributed by atoms with E-state index in [9.17, 15) is 9.18 Å². The average molecular weight is 346 g/mol. The van der Waals surface area contributed by atoms with E-state index in [1.165, 1.54) is 25.4 Å². The van der Waals surface area contributed by atoms with Crippen LogP contribution in [-0.2, 0) is 0 Å². The molecule has 0 fully saturated rings. The summed E-state index contributed by atoms with van der Waals surface area (Å²) in [6.45, 7) is 7.58. The third kappa shape index (κ3) is 5.17. The maximum Gasteiger partial charge on any atom is 0.270 e. The Labute approximate surface area is 147 Å². The van der Waals surface area contributed by atoms with Gasteiger partial charge in [-0.2, -0.15) is 0 Å². The molecule has 1 atom stereocenters. The Kier molecular flexibility index (Phi) is 5.62. The summed E-state index contributed by atoms with van der Waals surface area (Å²) in [5, 5.41) is 2.80. The van der Waals surface area contributed by atoms with Gasteiger partial charge in [-0.3, -0.25) is 4.79 Å². The zero-order valence-electron chi connectivity index (χ0n) is 15.1. The fourth-order valence-electron chi connectivity index (χ4n) is 2.23. The van der Waals surface area contributed by atoms with Gasteiger partial charge in [0.1, 0.15) is 17.0 Å². The van der Waals surface area contributed by atoms with Crippen molar-refractivity contribution in [3.05, 3.63) is 53.6 Å². The topological polar surface area (TPSA) is 60.5 Å². The molecule has 1 amide bonds. The van der Waals surface area contributed by atoms with Crippen LogP contribution in [0.4, 0.5) is 4.39 Å². The molecule has 2 aromatic rings. The molecule has 1 N–H and O–H groups in total. The number of nitrogens with one attached hydrogen (secondary N) is 1. The number of aromatic nitrogens is 1. The van der Waals surface area contributed by atoms with Crippen LogP contribution in [0.2, 0.25) is 0 Å². The third-order valence-electron chi connectivity index (χ3n) is 3.42. The van der Waals surface area contributed by atoms with Crippen molar-refractivity contribution in [2.45, 2.75) is 39.3 Å². The summed E-state index contributed by atoms with van der Waals surface area (Å²) in [7, 11) is 1.40. The second-order valence-corrected chi connectivity index (χ2v) is 6.68. The number of hydrogen-bond donors (Lipinski definition) is 1. The van der Waals surface area contributed by atoms with Gasteiger partial charge in [0, 0.05) is 0 Å². The first kappa shape index (κ1) is 18.7. The van der Waals surface area contributed by atoms with Crippen molar-refractivity contribution in [1.29, 1.82) is 0 Å². The Morgan fingerprint density at radius 2 is 1.96 bits per heavy atom. The fraction of sp³-hybridized carbons (Fsp3) is 0.368. The molecule has 1 aromatic carbocycles. The highest BCUT2D eigenvalue weighted by atomic mass is 19.1. The van der Waals surface area contributed by atoms with Gasteiger partial charge in [0.2, 0.25) is 0 Å². The summed E-state index contributed by atoms with van der Waals surface area (Å²) in [5.74, 6) is -0.0540. The molecule has 2 rings (SSSR count). The molecule has 0 aliphatic rings. The molecule has 0 aliphatic heterocycles. The van der Waals surface area contributed by atoms with Crippen LogP contribution in [0.3, 0.4) is 0 Å². The number of hydrogen-bond acceptors (Lipinski definition) is 4. The average Bonchev–Trinajstić information content (AvgIpc) is 2.53. The van der Waals surface area contributed by atoms with Crippen LogP contribution in [0.5, 0.6) is 11.5 Å². The van der Waals surface area contributed by atoms with Gasteiger partial charge in [-0.05, 0) is 57.5 Å². The minimum atomic E-state index is -0.470. The number of methoxy groups -OCH3 is 1. The number of carbonyl (C=O) groups excluding carboxylic acids is 1.